The van der Waals surface area contributed by atoms with Crippen LogP contribution >= 0.6 is 0 Å². The number of H-pyrrole nitrogens is 1. The SMILES string of the molecule is CC(C)CC(NC(=O)C(N)Cc1cnc[nH]1)C(=O)NC(Cc1ccccc1)C(=O)NC(Cc1ccccc1)C(=O)O. The molecule has 4 atom stereocenters. The van der Waals surface area contributed by atoms with E-state index in [4.69, 9.17) is 5.73 Å². The van der Waals surface area contributed by atoms with Gasteiger partial charge in [-0.2, -0.15) is 0 Å². The monoisotopic (exact) mass is 562 g/mol. The number of carbonyl (C=O) groups excluding carboxylic acids is 3. The number of hydrogen-bond acceptors (Lipinski definition) is 6. The highest BCUT2D eigenvalue weighted by molar-refractivity contribution is 5.94. The quantitative estimate of drug-likeness (QED) is 0.162. The maximum atomic E-state index is 13.5. The molecule has 0 fully saturated rings. The van der Waals surface area contributed by atoms with Gasteiger partial charge in [0.05, 0.1) is 12.4 Å². The molecular weight excluding hydrogens is 524 g/mol. The second kappa shape index (κ2) is 15.3. The summed E-state index contributed by atoms with van der Waals surface area (Å²) in [6.45, 7) is 3.82. The number of benzene rings is 2. The molecule has 0 aliphatic rings. The van der Waals surface area contributed by atoms with Crippen molar-refractivity contribution in [1.82, 2.24) is 25.9 Å². The summed E-state index contributed by atoms with van der Waals surface area (Å²) < 4.78 is 0. The summed E-state index contributed by atoms with van der Waals surface area (Å²) in [4.78, 5) is 58.6. The van der Waals surface area contributed by atoms with Gasteiger partial charge in [-0.15, -0.1) is 0 Å². The van der Waals surface area contributed by atoms with Crippen molar-refractivity contribution >= 4 is 23.7 Å². The first-order valence-corrected chi connectivity index (χ1v) is 13.6. The minimum atomic E-state index is -1.20. The van der Waals surface area contributed by atoms with E-state index in [0.717, 1.165) is 11.1 Å². The smallest absolute Gasteiger partial charge is 0.326 e. The zero-order valence-electron chi connectivity index (χ0n) is 23.2. The molecule has 0 spiro atoms. The van der Waals surface area contributed by atoms with Crippen LogP contribution in [0, 0.1) is 5.92 Å². The maximum Gasteiger partial charge on any atom is 0.326 e. The van der Waals surface area contributed by atoms with E-state index >= 15 is 0 Å². The van der Waals surface area contributed by atoms with E-state index in [1.54, 1.807) is 30.5 Å². The molecule has 3 aromatic rings. The van der Waals surface area contributed by atoms with Crippen LogP contribution in [0.3, 0.4) is 0 Å². The van der Waals surface area contributed by atoms with Gasteiger partial charge in [-0.3, -0.25) is 14.4 Å². The summed E-state index contributed by atoms with van der Waals surface area (Å²) in [5, 5.41) is 17.9. The van der Waals surface area contributed by atoms with Crippen LogP contribution in [0.4, 0.5) is 0 Å². The Kier molecular flexibility index (Phi) is 11.6. The fraction of sp³-hybridized carbons (Fsp3) is 0.367. The minimum Gasteiger partial charge on any atom is -0.480 e. The molecule has 11 nitrogen and oxygen atoms in total. The number of rotatable bonds is 15. The molecule has 218 valence electrons. The number of aromatic amines is 1. The summed E-state index contributed by atoms with van der Waals surface area (Å²) in [7, 11) is 0. The van der Waals surface area contributed by atoms with Crippen LogP contribution in [0.15, 0.2) is 73.2 Å². The van der Waals surface area contributed by atoms with Crippen LogP contribution in [0.1, 0.15) is 37.1 Å². The molecule has 2 aromatic carbocycles. The van der Waals surface area contributed by atoms with Crippen LogP contribution < -0.4 is 21.7 Å². The van der Waals surface area contributed by atoms with Gasteiger partial charge in [0.15, 0.2) is 0 Å². The van der Waals surface area contributed by atoms with Crippen molar-refractivity contribution in [2.45, 2.75) is 63.7 Å². The van der Waals surface area contributed by atoms with E-state index in [0.29, 0.717) is 12.1 Å². The van der Waals surface area contributed by atoms with Gasteiger partial charge in [0.25, 0.3) is 0 Å². The number of aliphatic carboxylic acids is 1. The van der Waals surface area contributed by atoms with E-state index in [-0.39, 0.29) is 25.2 Å². The molecule has 3 amide bonds. The average Bonchev–Trinajstić information content (AvgIpc) is 3.45. The van der Waals surface area contributed by atoms with Crippen molar-refractivity contribution in [3.05, 3.63) is 90.0 Å². The van der Waals surface area contributed by atoms with E-state index in [2.05, 4.69) is 25.9 Å². The topological polar surface area (TPSA) is 179 Å². The normalized spacial score (nSPS) is 14.0. The number of nitrogens with zero attached hydrogens (tertiary/aromatic N) is 1. The fourth-order valence-electron chi connectivity index (χ4n) is 4.36. The first-order valence-electron chi connectivity index (χ1n) is 13.6. The molecule has 1 aromatic heterocycles. The molecule has 4 unspecified atom stereocenters. The van der Waals surface area contributed by atoms with Gasteiger partial charge in [0, 0.05) is 31.2 Å². The number of amides is 3. The van der Waals surface area contributed by atoms with E-state index in [1.807, 2.05) is 50.2 Å². The third kappa shape index (κ3) is 10.2. The zero-order valence-corrected chi connectivity index (χ0v) is 23.2. The van der Waals surface area contributed by atoms with Crippen LogP contribution in [0.2, 0.25) is 0 Å². The average molecular weight is 563 g/mol. The molecule has 0 bridgehead atoms. The van der Waals surface area contributed by atoms with Crippen molar-refractivity contribution in [1.29, 1.82) is 0 Å². The largest absolute Gasteiger partial charge is 0.480 e. The lowest BCUT2D eigenvalue weighted by atomic mass is 10.00. The van der Waals surface area contributed by atoms with Crippen molar-refractivity contribution in [2.24, 2.45) is 11.7 Å². The Hall–Kier alpha value is -4.51. The van der Waals surface area contributed by atoms with Crippen LogP contribution in [-0.4, -0.2) is 62.9 Å². The van der Waals surface area contributed by atoms with Gasteiger partial charge in [0.2, 0.25) is 17.7 Å². The molecule has 3 rings (SSSR count). The summed E-state index contributed by atoms with van der Waals surface area (Å²) in [5.74, 6) is -2.87. The van der Waals surface area contributed by atoms with E-state index in [9.17, 15) is 24.3 Å². The Balaban J connectivity index is 1.76. The Bertz CT molecular complexity index is 1270. The summed E-state index contributed by atoms with van der Waals surface area (Å²) >= 11 is 0. The third-order valence-electron chi connectivity index (χ3n) is 6.48. The lowest BCUT2D eigenvalue weighted by molar-refractivity contribution is -0.142. The van der Waals surface area contributed by atoms with Crippen molar-refractivity contribution in [3.8, 4) is 0 Å². The first-order chi connectivity index (χ1) is 19.6. The number of aromatic nitrogens is 2. The van der Waals surface area contributed by atoms with Gasteiger partial charge in [-0.25, -0.2) is 9.78 Å². The third-order valence-corrected chi connectivity index (χ3v) is 6.48. The number of carboxylic acids is 1. The Labute approximate surface area is 239 Å². The molecule has 0 radical (unpaired) electrons. The van der Waals surface area contributed by atoms with E-state index in [1.165, 1.54) is 6.33 Å². The molecule has 7 N–H and O–H groups in total. The minimum absolute atomic E-state index is 0.0403. The number of nitrogens with two attached hydrogens (primary N) is 1. The molecule has 41 heavy (non-hydrogen) atoms. The number of nitrogens with one attached hydrogen (secondary N) is 4. The van der Waals surface area contributed by atoms with Crippen molar-refractivity contribution in [3.63, 3.8) is 0 Å². The van der Waals surface area contributed by atoms with Crippen LogP contribution in [-0.2, 0) is 38.4 Å². The summed E-state index contributed by atoms with van der Waals surface area (Å²) in [6, 6.07) is 13.9. The van der Waals surface area contributed by atoms with Crippen LogP contribution in [0.25, 0.3) is 0 Å². The molecule has 1 heterocycles. The highest BCUT2D eigenvalue weighted by atomic mass is 16.4. The van der Waals surface area contributed by atoms with E-state index < -0.39 is 47.9 Å². The summed E-state index contributed by atoms with van der Waals surface area (Å²) in [5.41, 5.74) is 8.27. The number of carbonyl (C=O) groups is 4. The Morgan fingerprint density at radius 3 is 1.80 bits per heavy atom. The highest BCUT2D eigenvalue weighted by Crippen LogP contribution is 2.10. The first kappa shape index (κ1) is 31.0. The number of carboxylic acid groups (broad SMARTS) is 1. The molecule has 0 saturated carbocycles. The Morgan fingerprint density at radius 1 is 0.780 bits per heavy atom. The molecular formula is C30H38N6O5. The summed E-state index contributed by atoms with van der Waals surface area (Å²) in [6.07, 6.45) is 3.77. The predicted octanol–water partition coefficient (Wildman–Crippen LogP) is 1.35. The number of imidazole rings is 1. The lowest BCUT2D eigenvalue weighted by Gasteiger charge is -2.26. The Morgan fingerprint density at radius 2 is 1.29 bits per heavy atom. The van der Waals surface area contributed by atoms with Crippen LogP contribution in [0.5, 0.6) is 0 Å². The maximum absolute atomic E-state index is 13.5. The predicted molar refractivity (Wildman–Crippen MR) is 153 cm³/mol. The molecule has 0 aliphatic carbocycles. The van der Waals surface area contributed by atoms with Gasteiger partial charge in [-0.05, 0) is 23.5 Å². The van der Waals surface area contributed by atoms with Crippen molar-refractivity contribution in [2.75, 3.05) is 0 Å². The zero-order chi connectivity index (χ0) is 29.8. The second-order valence-electron chi connectivity index (χ2n) is 10.4. The van der Waals surface area contributed by atoms with Crippen molar-refractivity contribution < 1.29 is 24.3 Å². The molecule has 0 aliphatic heterocycles. The van der Waals surface area contributed by atoms with Gasteiger partial charge in [0.1, 0.15) is 18.1 Å². The van der Waals surface area contributed by atoms with Gasteiger partial charge < -0.3 is 31.8 Å². The van der Waals surface area contributed by atoms with Gasteiger partial charge in [-0.1, -0.05) is 74.5 Å². The number of hydrogen-bond donors (Lipinski definition) is 6. The molecule has 11 heteroatoms. The lowest BCUT2D eigenvalue weighted by Crippen LogP contribution is -2.58. The molecule has 0 saturated heterocycles. The fourth-order valence-corrected chi connectivity index (χ4v) is 4.36. The van der Waals surface area contributed by atoms with Gasteiger partial charge >= 0.3 is 5.97 Å². The second-order valence-corrected chi connectivity index (χ2v) is 10.4. The standard InChI is InChI=1S/C30H38N6O5/c1-19(2)13-24(34-27(37)23(31)16-22-17-32-18-33-22)28(38)35-25(14-20-9-5-3-6-10-20)29(39)36-26(30(40)41)15-21-11-7-4-8-12-21/h3-12,17-19,23-26H,13-16,31H2,1-2H3,(H,32,33)(H,34,37)(H,35,38)(H,36,39)(H,40,41). The highest BCUT2D eigenvalue weighted by Gasteiger charge is 2.31.